The lowest BCUT2D eigenvalue weighted by Gasteiger charge is -2.13. The molecule has 0 aromatic heterocycles. The fourth-order valence-corrected chi connectivity index (χ4v) is 3.79. The van der Waals surface area contributed by atoms with E-state index in [0.717, 1.165) is 35.1 Å². The number of carbonyl (C=O) groups is 1. The molecule has 0 heterocycles. The molecule has 1 nitrogen and oxygen atoms in total. The van der Waals surface area contributed by atoms with Crippen molar-refractivity contribution in [2.75, 3.05) is 0 Å². The smallest absolute Gasteiger partial charge is 0.193 e. The number of carbonyl (C=O) groups excluding carboxylic acids is 1. The van der Waals surface area contributed by atoms with E-state index in [9.17, 15) is 4.79 Å². The van der Waals surface area contributed by atoms with Gasteiger partial charge in [-0.1, -0.05) is 108 Å². The third-order valence-electron chi connectivity index (χ3n) is 5.55. The van der Waals surface area contributed by atoms with Crippen molar-refractivity contribution in [1.82, 2.24) is 0 Å². The highest BCUT2D eigenvalue weighted by atomic mass is 16.1. The molecule has 4 rings (SSSR count). The minimum absolute atomic E-state index is 0.0976. The molecule has 0 atom stereocenters. The van der Waals surface area contributed by atoms with Crippen molar-refractivity contribution in [3.05, 3.63) is 142 Å². The second-order valence-corrected chi connectivity index (χ2v) is 7.97. The Labute approximate surface area is 179 Å². The Bertz CT molecular complexity index is 1060. The Morgan fingerprint density at radius 3 is 1.30 bits per heavy atom. The van der Waals surface area contributed by atoms with Crippen LogP contribution in [0.25, 0.3) is 0 Å². The maximum absolute atomic E-state index is 13.6. The minimum atomic E-state index is 0.0976. The number of hydrogen-bond acceptors (Lipinski definition) is 1. The third-order valence-corrected chi connectivity index (χ3v) is 5.55. The largest absolute Gasteiger partial charge is 0.289 e. The van der Waals surface area contributed by atoms with Gasteiger partial charge in [0.1, 0.15) is 0 Å². The van der Waals surface area contributed by atoms with E-state index in [-0.39, 0.29) is 5.78 Å². The van der Waals surface area contributed by atoms with Crippen LogP contribution in [-0.4, -0.2) is 5.78 Å². The topological polar surface area (TPSA) is 17.1 Å². The average molecular weight is 391 g/mol. The molecule has 0 aliphatic heterocycles. The summed E-state index contributed by atoms with van der Waals surface area (Å²) in [7, 11) is 0. The van der Waals surface area contributed by atoms with Crippen molar-refractivity contribution in [3.63, 3.8) is 0 Å². The van der Waals surface area contributed by atoms with Gasteiger partial charge in [-0.05, 0) is 48.9 Å². The molecule has 0 bridgehead atoms. The molecule has 0 fully saturated rings. The Kier molecular flexibility index (Phi) is 5.90. The van der Waals surface area contributed by atoms with Gasteiger partial charge in [-0.25, -0.2) is 0 Å². The number of ketones is 1. The molecule has 0 saturated heterocycles. The zero-order valence-corrected chi connectivity index (χ0v) is 17.6. The fraction of sp³-hybridized carbons (Fsp3) is 0.138. The van der Waals surface area contributed by atoms with Crippen molar-refractivity contribution < 1.29 is 4.79 Å². The first-order valence-electron chi connectivity index (χ1n) is 10.4. The Morgan fingerprint density at radius 1 is 0.533 bits per heavy atom. The van der Waals surface area contributed by atoms with Crippen molar-refractivity contribution in [1.29, 1.82) is 0 Å². The van der Waals surface area contributed by atoms with Crippen LogP contribution in [0.15, 0.2) is 97.1 Å². The van der Waals surface area contributed by atoms with Crippen LogP contribution in [0.1, 0.15) is 49.3 Å². The quantitative estimate of drug-likeness (QED) is 0.334. The van der Waals surface area contributed by atoms with Crippen molar-refractivity contribution in [2.45, 2.75) is 26.7 Å². The number of benzene rings is 4. The van der Waals surface area contributed by atoms with Gasteiger partial charge in [0.05, 0.1) is 0 Å². The van der Waals surface area contributed by atoms with Gasteiger partial charge in [-0.15, -0.1) is 0 Å². The zero-order chi connectivity index (χ0) is 20.9. The molecular formula is C29H26O. The maximum atomic E-state index is 13.6. The highest BCUT2D eigenvalue weighted by Crippen LogP contribution is 2.22. The Morgan fingerprint density at radius 2 is 0.900 bits per heavy atom. The first-order chi connectivity index (χ1) is 14.6. The summed E-state index contributed by atoms with van der Waals surface area (Å²) < 4.78 is 0. The van der Waals surface area contributed by atoms with Gasteiger partial charge >= 0.3 is 0 Å². The predicted octanol–water partition coefficient (Wildman–Crippen LogP) is 6.72. The summed E-state index contributed by atoms with van der Waals surface area (Å²) in [5.41, 5.74) is 8.63. The van der Waals surface area contributed by atoms with Crippen LogP contribution in [0.2, 0.25) is 0 Å². The molecule has 4 aromatic carbocycles. The van der Waals surface area contributed by atoms with E-state index in [1.165, 1.54) is 22.3 Å². The zero-order valence-electron chi connectivity index (χ0n) is 17.6. The van der Waals surface area contributed by atoms with E-state index in [2.05, 4.69) is 74.5 Å². The van der Waals surface area contributed by atoms with E-state index in [0.29, 0.717) is 0 Å². The fourth-order valence-electron chi connectivity index (χ4n) is 3.79. The molecule has 0 N–H and O–H groups in total. The number of hydrogen-bond donors (Lipinski definition) is 0. The molecule has 0 unspecified atom stereocenters. The van der Waals surface area contributed by atoms with Gasteiger partial charge in [-0.2, -0.15) is 0 Å². The molecule has 0 saturated carbocycles. The van der Waals surface area contributed by atoms with E-state index in [4.69, 9.17) is 0 Å². The van der Waals surface area contributed by atoms with Gasteiger partial charge in [0.15, 0.2) is 5.78 Å². The second-order valence-electron chi connectivity index (χ2n) is 7.97. The minimum Gasteiger partial charge on any atom is -0.289 e. The van der Waals surface area contributed by atoms with Crippen LogP contribution in [0.4, 0.5) is 0 Å². The van der Waals surface area contributed by atoms with E-state index in [1.54, 1.807) is 0 Å². The van der Waals surface area contributed by atoms with Crippen LogP contribution in [-0.2, 0) is 12.8 Å². The Balaban J connectivity index is 1.65. The van der Waals surface area contributed by atoms with Gasteiger partial charge in [0.2, 0.25) is 0 Å². The molecular weight excluding hydrogens is 364 g/mol. The van der Waals surface area contributed by atoms with Gasteiger partial charge in [-0.3, -0.25) is 4.79 Å². The molecule has 0 amide bonds. The van der Waals surface area contributed by atoms with E-state index in [1.807, 2.05) is 36.4 Å². The molecule has 30 heavy (non-hydrogen) atoms. The third kappa shape index (κ3) is 4.58. The highest BCUT2D eigenvalue weighted by Gasteiger charge is 2.17. The molecule has 0 aliphatic rings. The van der Waals surface area contributed by atoms with Crippen LogP contribution < -0.4 is 0 Å². The van der Waals surface area contributed by atoms with Gasteiger partial charge < -0.3 is 0 Å². The van der Waals surface area contributed by atoms with Crippen LogP contribution in [0, 0.1) is 13.8 Å². The number of aryl methyl sites for hydroxylation is 2. The average Bonchev–Trinajstić information content (AvgIpc) is 2.77. The summed E-state index contributed by atoms with van der Waals surface area (Å²) in [5.74, 6) is 0.0976. The van der Waals surface area contributed by atoms with Crippen LogP contribution >= 0.6 is 0 Å². The monoisotopic (exact) mass is 390 g/mol. The first-order valence-corrected chi connectivity index (χ1v) is 10.4. The summed E-state index contributed by atoms with van der Waals surface area (Å²) in [6.45, 7) is 4.18. The molecule has 0 aliphatic carbocycles. The molecule has 0 radical (unpaired) electrons. The van der Waals surface area contributed by atoms with E-state index >= 15 is 0 Å². The standard InChI is InChI=1S/C29H26O/c1-21-11-15-23(16-12-21)19-25-7-3-5-9-27(25)29(30)28-10-6-4-8-26(28)20-24-17-13-22(2)14-18-24/h3-18H,19-20H2,1-2H3. The lowest BCUT2D eigenvalue weighted by atomic mass is 9.90. The van der Waals surface area contributed by atoms with Crippen molar-refractivity contribution in [3.8, 4) is 0 Å². The summed E-state index contributed by atoms with van der Waals surface area (Å²) in [6, 6.07) is 33.0. The number of rotatable bonds is 6. The molecule has 0 spiro atoms. The predicted molar refractivity (Wildman–Crippen MR) is 124 cm³/mol. The summed E-state index contributed by atoms with van der Waals surface area (Å²) in [6.07, 6.45) is 1.50. The lowest BCUT2D eigenvalue weighted by molar-refractivity contribution is 0.103. The summed E-state index contributed by atoms with van der Waals surface area (Å²) in [4.78, 5) is 13.6. The van der Waals surface area contributed by atoms with E-state index < -0.39 is 0 Å². The molecule has 4 aromatic rings. The van der Waals surface area contributed by atoms with Crippen LogP contribution in [0.3, 0.4) is 0 Å². The highest BCUT2D eigenvalue weighted by molar-refractivity contribution is 6.11. The SMILES string of the molecule is Cc1ccc(Cc2ccccc2C(=O)c2ccccc2Cc2ccc(C)cc2)cc1. The summed E-state index contributed by atoms with van der Waals surface area (Å²) >= 11 is 0. The summed E-state index contributed by atoms with van der Waals surface area (Å²) in [5, 5.41) is 0. The Hall–Kier alpha value is -3.45. The maximum Gasteiger partial charge on any atom is 0.193 e. The molecule has 148 valence electrons. The molecule has 1 heteroatoms. The van der Waals surface area contributed by atoms with Crippen molar-refractivity contribution in [2.24, 2.45) is 0 Å². The lowest BCUT2D eigenvalue weighted by Crippen LogP contribution is -2.09. The van der Waals surface area contributed by atoms with Crippen molar-refractivity contribution >= 4 is 5.78 Å². The second kappa shape index (κ2) is 8.92. The first kappa shape index (κ1) is 19.8. The van der Waals surface area contributed by atoms with Crippen LogP contribution in [0.5, 0.6) is 0 Å². The van der Waals surface area contributed by atoms with Gasteiger partial charge in [0.25, 0.3) is 0 Å². The normalized spacial score (nSPS) is 10.7. The van der Waals surface area contributed by atoms with Gasteiger partial charge in [0, 0.05) is 11.1 Å².